The maximum atomic E-state index is 11.9. The highest BCUT2D eigenvalue weighted by Gasteiger charge is 2.11. The number of hydrogen-bond donors (Lipinski definition) is 1. The van der Waals surface area contributed by atoms with Gasteiger partial charge in [0.15, 0.2) is 5.96 Å². The van der Waals surface area contributed by atoms with Crippen molar-refractivity contribution in [2.24, 2.45) is 4.99 Å². The van der Waals surface area contributed by atoms with Gasteiger partial charge in [0.1, 0.15) is 0 Å². The average Bonchev–Trinajstić information content (AvgIpc) is 2.84. The third-order valence-corrected chi connectivity index (χ3v) is 3.34. The first-order chi connectivity index (χ1) is 9.58. The number of guanidine groups is 1. The van der Waals surface area contributed by atoms with E-state index in [1.165, 1.54) is 0 Å². The van der Waals surface area contributed by atoms with Crippen LogP contribution in [0.2, 0.25) is 0 Å². The van der Waals surface area contributed by atoms with Crippen molar-refractivity contribution >= 4 is 11.9 Å². The predicted octanol–water partition coefficient (Wildman–Crippen LogP) is 0.822. The molecule has 2 rings (SSSR count). The van der Waals surface area contributed by atoms with Gasteiger partial charge in [0.05, 0.1) is 6.54 Å². The second-order valence-corrected chi connectivity index (χ2v) is 5.20. The van der Waals surface area contributed by atoms with E-state index >= 15 is 0 Å². The van der Waals surface area contributed by atoms with Crippen molar-refractivity contribution < 1.29 is 4.79 Å². The molecule has 1 amide bonds. The monoisotopic (exact) mass is 274 g/mol. The first-order valence-electron chi connectivity index (χ1n) is 6.88. The molecule has 108 valence electrons. The van der Waals surface area contributed by atoms with Gasteiger partial charge in [0.25, 0.3) is 5.91 Å². The van der Waals surface area contributed by atoms with Gasteiger partial charge >= 0.3 is 0 Å². The number of carbonyl (C=O) groups is 1. The van der Waals surface area contributed by atoms with Crippen LogP contribution in [0, 0.1) is 0 Å². The van der Waals surface area contributed by atoms with Gasteiger partial charge in [-0.15, -0.1) is 0 Å². The number of rotatable bonds is 4. The summed E-state index contributed by atoms with van der Waals surface area (Å²) in [6.45, 7) is 2.67. The summed E-state index contributed by atoms with van der Waals surface area (Å²) in [5.41, 5.74) is 1.90. The molecule has 1 aliphatic heterocycles. The second kappa shape index (κ2) is 6.41. The third-order valence-electron chi connectivity index (χ3n) is 3.34. The molecule has 0 spiro atoms. The molecule has 0 radical (unpaired) electrons. The molecular weight excluding hydrogens is 252 g/mol. The average molecular weight is 274 g/mol. The third kappa shape index (κ3) is 3.50. The van der Waals surface area contributed by atoms with Crippen molar-refractivity contribution in [2.45, 2.75) is 6.42 Å². The van der Waals surface area contributed by atoms with E-state index in [1.807, 2.05) is 31.3 Å². The largest absolute Gasteiger partial charge is 0.356 e. The molecule has 5 heteroatoms. The molecular formula is C15H22N4O. The van der Waals surface area contributed by atoms with E-state index in [4.69, 9.17) is 0 Å². The molecule has 1 aromatic rings. The minimum atomic E-state index is 0.0414. The summed E-state index contributed by atoms with van der Waals surface area (Å²) in [6.07, 6.45) is 0.876. The van der Waals surface area contributed by atoms with E-state index in [9.17, 15) is 4.79 Å². The zero-order chi connectivity index (χ0) is 14.5. The Morgan fingerprint density at radius 3 is 2.90 bits per heavy atom. The van der Waals surface area contributed by atoms with Crippen LogP contribution in [0.5, 0.6) is 0 Å². The van der Waals surface area contributed by atoms with Crippen LogP contribution in [0.25, 0.3) is 0 Å². The Morgan fingerprint density at radius 2 is 2.25 bits per heavy atom. The molecule has 0 saturated heterocycles. The van der Waals surface area contributed by atoms with Crippen LogP contribution in [0.3, 0.4) is 0 Å². The lowest BCUT2D eigenvalue weighted by Crippen LogP contribution is -2.36. The van der Waals surface area contributed by atoms with E-state index < -0.39 is 0 Å². The SMILES string of the molecule is CN(C)C(=O)c1cccc(CCNC2=NCCN2C)c1. The van der Waals surface area contributed by atoms with Gasteiger partial charge in [0, 0.05) is 39.8 Å². The van der Waals surface area contributed by atoms with Crippen molar-refractivity contribution in [3.8, 4) is 0 Å². The van der Waals surface area contributed by atoms with Crippen LogP contribution in [-0.4, -0.2) is 62.4 Å². The minimum Gasteiger partial charge on any atom is -0.356 e. The van der Waals surface area contributed by atoms with Crippen molar-refractivity contribution in [3.05, 3.63) is 35.4 Å². The molecule has 0 unspecified atom stereocenters. The number of aliphatic imine (C=N–C) groups is 1. The van der Waals surface area contributed by atoms with Gasteiger partial charge in [-0.1, -0.05) is 12.1 Å². The van der Waals surface area contributed by atoms with Crippen molar-refractivity contribution in [2.75, 3.05) is 40.8 Å². The summed E-state index contributed by atoms with van der Waals surface area (Å²) >= 11 is 0. The standard InChI is InChI=1S/C15H22N4O/c1-18(2)14(20)13-6-4-5-12(11-13)7-8-16-15-17-9-10-19(15)3/h4-6,11H,7-10H2,1-3H3,(H,16,17). The Kier molecular flexibility index (Phi) is 4.61. The van der Waals surface area contributed by atoms with E-state index in [1.54, 1.807) is 19.0 Å². The Balaban J connectivity index is 1.90. The summed E-state index contributed by atoms with van der Waals surface area (Å²) in [5, 5.41) is 3.33. The zero-order valence-corrected chi connectivity index (χ0v) is 12.4. The smallest absolute Gasteiger partial charge is 0.253 e. The zero-order valence-electron chi connectivity index (χ0n) is 12.4. The predicted molar refractivity (Wildman–Crippen MR) is 81.1 cm³/mol. The van der Waals surface area contributed by atoms with Gasteiger partial charge in [-0.25, -0.2) is 0 Å². The summed E-state index contributed by atoms with van der Waals surface area (Å²) in [5.74, 6) is 1.00. The first kappa shape index (κ1) is 14.4. The quantitative estimate of drug-likeness (QED) is 0.884. The van der Waals surface area contributed by atoms with Crippen LogP contribution < -0.4 is 5.32 Å². The normalized spacial score (nSPS) is 14.2. The van der Waals surface area contributed by atoms with Gasteiger partial charge in [-0.2, -0.15) is 0 Å². The maximum Gasteiger partial charge on any atom is 0.253 e. The lowest BCUT2D eigenvalue weighted by molar-refractivity contribution is 0.0827. The van der Waals surface area contributed by atoms with Gasteiger partial charge < -0.3 is 15.1 Å². The molecule has 0 bridgehead atoms. The van der Waals surface area contributed by atoms with Crippen LogP contribution >= 0.6 is 0 Å². The number of carbonyl (C=O) groups excluding carboxylic acids is 1. The number of hydrogen-bond acceptors (Lipinski definition) is 4. The summed E-state index contributed by atoms with van der Waals surface area (Å²) in [4.78, 5) is 20.0. The molecule has 1 aliphatic rings. The Hall–Kier alpha value is -2.04. The van der Waals surface area contributed by atoms with Crippen molar-refractivity contribution in [3.63, 3.8) is 0 Å². The molecule has 0 saturated carbocycles. The Bertz CT molecular complexity index is 510. The molecule has 0 aliphatic carbocycles. The lowest BCUT2D eigenvalue weighted by atomic mass is 10.1. The summed E-state index contributed by atoms with van der Waals surface area (Å²) in [7, 11) is 5.57. The number of amides is 1. The number of likely N-dealkylation sites (N-methyl/N-ethyl adjacent to an activating group) is 1. The number of nitrogens with zero attached hydrogens (tertiary/aromatic N) is 3. The fourth-order valence-electron chi connectivity index (χ4n) is 2.16. The lowest BCUT2D eigenvalue weighted by Gasteiger charge is -2.15. The molecule has 1 aromatic carbocycles. The molecule has 0 fully saturated rings. The minimum absolute atomic E-state index is 0.0414. The highest BCUT2D eigenvalue weighted by atomic mass is 16.2. The fourth-order valence-corrected chi connectivity index (χ4v) is 2.16. The van der Waals surface area contributed by atoms with E-state index in [-0.39, 0.29) is 5.91 Å². The van der Waals surface area contributed by atoms with Gasteiger partial charge in [0.2, 0.25) is 0 Å². The molecule has 1 N–H and O–H groups in total. The van der Waals surface area contributed by atoms with Gasteiger partial charge in [-0.05, 0) is 24.1 Å². The van der Waals surface area contributed by atoms with Gasteiger partial charge in [-0.3, -0.25) is 9.79 Å². The first-order valence-corrected chi connectivity index (χ1v) is 6.88. The van der Waals surface area contributed by atoms with Crippen LogP contribution in [0.4, 0.5) is 0 Å². The topological polar surface area (TPSA) is 47.9 Å². The van der Waals surface area contributed by atoms with Crippen LogP contribution in [-0.2, 0) is 6.42 Å². The summed E-state index contributed by atoms with van der Waals surface area (Å²) in [6, 6.07) is 7.80. The highest BCUT2D eigenvalue weighted by Crippen LogP contribution is 2.08. The molecule has 5 nitrogen and oxygen atoms in total. The molecule has 20 heavy (non-hydrogen) atoms. The highest BCUT2D eigenvalue weighted by molar-refractivity contribution is 5.94. The van der Waals surface area contributed by atoms with Crippen molar-refractivity contribution in [1.29, 1.82) is 0 Å². The Morgan fingerprint density at radius 1 is 1.45 bits per heavy atom. The fraction of sp³-hybridized carbons (Fsp3) is 0.467. The molecule has 1 heterocycles. The number of benzene rings is 1. The summed E-state index contributed by atoms with van der Waals surface area (Å²) < 4.78 is 0. The van der Waals surface area contributed by atoms with Crippen LogP contribution in [0.15, 0.2) is 29.3 Å². The van der Waals surface area contributed by atoms with E-state index in [0.29, 0.717) is 0 Å². The number of nitrogens with one attached hydrogen (secondary N) is 1. The second-order valence-electron chi connectivity index (χ2n) is 5.20. The molecule has 0 atom stereocenters. The maximum absolute atomic E-state index is 11.9. The van der Waals surface area contributed by atoms with E-state index in [2.05, 4.69) is 15.2 Å². The van der Waals surface area contributed by atoms with Crippen molar-refractivity contribution in [1.82, 2.24) is 15.1 Å². The van der Waals surface area contributed by atoms with Crippen LogP contribution in [0.1, 0.15) is 15.9 Å². The van der Waals surface area contributed by atoms with E-state index in [0.717, 1.165) is 43.1 Å². The molecule has 0 aromatic heterocycles. The Labute approximate surface area is 120 Å².